The average molecular weight is 191 g/mol. The SMILES string of the molecule is Cc1nc(C)c(NC2(C)CC2)nc1C. The predicted molar refractivity (Wildman–Crippen MR) is 57.5 cm³/mol. The van der Waals surface area contributed by atoms with Crippen LogP contribution in [0.15, 0.2) is 0 Å². The maximum Gasteiger partial charge on any atom is 0.148 e. The van der Waals surface area contributed by atoms with Gasteiger partial charge in [-0.2, -0.15) is 0 Å². The van der Waals surface area contributed by atoms with E-state index in [1.165, 1.54) is 12.8 Å². The van der Waals surface area contributed by atoms with Crippen LogP contribution in [0.1, 0.15) is 36.8 Å². The summed E-state index contributed by atoms with van der Waals surface area (Å²) in [5, 5.41) is 3.45. The van der Waals surface area contributed by atoms with Crippen molar-refractivity contribution in [1.29, 1.82) is 0 Å². The van der Waals surface area contributed by atoms with Gasteiger partial charge < -0.3 is 5.32 Å². The van der Waals surface area contributed by atoms with E-state index in [1.54, 1.807) is 0 Å². The van der Waals surface area contributed by atoms with Gasteiger partial charge in [-0.25, -0.2) is 4.98 Å². The molecule has 1 fully saturated rings. The van der Waals surface area contributed by atoms with Crippen molar-refractivity contribution in [2.24, 2.45) is 0 Å². The minimum atomic E-state index is 0.279. The lowest BCUT2D eigenvalue weighted by Crippen LogP contribution is -2.19. The molecule has 0 amide bonds. The lowest BCUT2D eigenvalue weighted by Gasteiger charge is -2.15. The zero-order valence-corrected chi connectivity index (χ0v) is 9.31. The molecular formula is C11H17N3. The molecule has 1 aromatic heterocycles. The second-order valence-electron chi connectivity index (χ2n) is 4.51. The lowest BCUT2D eigenvalue weighted by atomic mass is 10.3. The van der Waals surface area contributed by atoms with E-state index in [-0.39, 0.29) is 5.54 Å². The summed E-state index contributed by atoms with van der Waals surface area (Å²) in [4.78, 5) is 8.98. The molecule has 1 N–H and O–H groups in total. The van der Waals surface area contributed by atoms with Crippen LogP contribution >= 0.6 is 0 Å². The molecule has 0 aliphatic heterocycles. The van der Waals surface area contributed by atoms with Gasteiger partial charge in [0.25, 0.3) is 0 Å². The summed E-state index contributed by atoms with van der Waals surface area (Å²) in [6, 6.07) is 0. The Morgan fingerprint density at radius 2 is 1.57 bits per heavy atom. The molecule has 14 heavy (non-hydrogen) atoms. The van der Waals surface area contributed by atoms with Crippen molar-refractivity contribution < 1.29 is 0 Å². The van der Waals surface area contributed by atoms with Crippen LogP contribution in [0.3, 0.4) is 0 Å². The summed E-state index contributed by atoms with van der Waals surface area (Å²) in [6.07, 6.45) is 2.47. The van der Waals surface area contributed by atoms with Gasteiger partial charge in [-0.15, -0.1) is 0 Å². The van der Waals surface area contributed by atoms with E-state index in [9.17, 15) is 0 Å². The van der Waals surface area contributed by atoms with Gasteiger partial charge in [0.2, 0.25) is 0 Å². The first kappa shape index (κ1) is 9.44. The predicted octanol–water partition coefficient (Wildman–Crippen LogP) is 2.37. The standard InChI is InChI=1S/C11H17N3/c1-7-8(2)13-10(9(3)12-7)14-11(4)5-6-11/h5-6H2,1-4H3,(H,13,14). The Morgan fingerprint density at radius 3 is 2.14 bits per heavy atom. The summed E-state index contributed by atoms with van der Waals surface area (Å²) in [5.41, 5.74) is 3.32. The highest BCUT2D eigenvalue weighted by atomic mass is 15.1. The monoisotopic (exact) mass is 191 g/mol. The van der Waals surface area contributed by atoms with Crippen molar-refractivity contribution in [2.75, 3.05) is 5.32 Å². The molecule has 1 heterocycles. The minimum Gasteiger partial charge on any atom is -0.363 e. The lowest BCUT2D eigenvalue weighted by molar-refractivity contribution is 0.810. The fraction of sp³-hybridized carbons (Fsp3) is 0.636. The number of aryl methyl sites for hydroxylation is 3. The molecule has 0 atom stereocenters. The van der Waals surface area contributed by atoms with E-state index >= 15 is 0 Å². The Hall–Kier alpha value is -1.12. The van der Waals surface area contributed by atoms with E-state index in [4.69, 9.17) is 0 Å². The van der Waals surface area contributed by atoms with Crippen molar-refractivity contribution in [3.8, 4) is 0 Å². The molecule has 1 aliphatic carbocycles. The molecule has 2 rings (SSSR count). The molecule has 1 aromatic rings. The van der Waals surface area contributed by atoms with Gasteiger partial charge in [0.05, 0.1) is 17.1 Å². The van der Waals surface area contributed by atoms with E-state index in [0.717, 1.165) is 22.9 Å². The Labute approximate surface area is 85.0 Å². The first-order valence-corrected chi connectivity index (χ1v) is 5.10. The van der Waals surface area contributed by atoms with Gasteiger partial charge >= 0.3 is 0 Å². The number of nitrogens with one attached hydrogen (secondary N) is 1. The summed E-state index contributed by atoms with van der Waals surface area (Å²) < 4.78 is 0. The highest BCUT2D eigenvalue weighted by molar-refractivity contribution is 5.45. The van der Waals surface area contributed by atoms with E-state index in [2.05, 4.69) is 22.2 Å². The van der Waals surface area contributed by atoms with Crippen LogP contribution in [-0.4, -0.2) is 15.5 Å². The van der Waals surface area contributed by atoms with Gasteiger partial charge in [-0.3, -0.25) is 4.98 Å². The van der Waals surface area contributed by atoms with Crippen LogP contribution in [0, 0.1) is 20.8 Å². The molecule has 0 saturated heterocycles. The van der Waals surface area contributed by atoms with Crippen LogP contribution in [0.25, 0.3) is 0 Å². The molecule has 0 spiro atoms. The van der Waals surface area contributed by atoms with Crippen molar-refractivity contribution in [3.05, 3.63) is 17.1 Å². The quantitative estimate of drug-likeness (QED) is 0.779. The topological polar surface area (TPSA) is 37.8 Å². The highest BCUT2D eigenvalue weighted by Gasteiger charge is 2.37. The van der Waals surface area contributed by atoms with Crippen molar-refractivity contribution in [2.45, 2.75) is 46.1 Å². The Kier molecular flexibility index (Phi) is 1.98. The third-order valence-electron chi connectivity index (χ3n) is 2.90. The molecule has 3 nitrogen and oxygen atoms in total. The Balaban J connectivity index is 2.29. The third kappa shape index (κ3) is 1.72. The van der Waals surface area contributed by atoms with E-state index < -0.39 is 0 Å². The van der Waals surface area contributed by atoms with Gasteiger partial charge in [-0.05, 0) is 40.5 Å². The van der Waals surface area contributed by atoms with Gasteiger partial charge in [-0.1, -0.05) is 0 Å². The number of nitrogens with zero attached hydrogens (tertiary/aromatic N) is 2. The summed E-state index contributed by atoms with van der Waals surface area (Å²) in [6.45, 7) is 8.23. The van der Waals surface area contributed by atoms with E-state index in [0.29, 0.717) is 0 Å². The fourth-order valence-corrected chi connectivity index (χ4v) is 1.43. The van der Waals surface area contributed by atoms with E-state index in [1.807, 2.05) is 20.8 Å². The number of aromatic nitrogens is 2. The second kappa shape index (κ2) is 2.94. The third-order valence-corrected chi connectivity index (χ3v) is 2.90. The summed E-state index contributed by atoms with van der Waals surface area (Å²) in [5.74, 6) is 0.952. The number of hydrogen-bond donors (Lipinski definition) is 1. The van der Waals surface area contributed by atoms with Crippen molar-refractivity contribution in [1.82, 2.24) is 9.97 Å². The fourth-order valence-electron chi connectivity index (χ4n) is 1.43. The normalized spacial score (nSPS) is 18.0. The van der Waals surface area contributed by atoms with Crippen LogP contribution in [-0.2, 0) is 0 Å². The van der Waals surface area contributed by atoms with Crippen LogP contribution in [0.2, 0.25) is 0 Å². The molecule has 0 bridgehead atoms. The maximum atomic E-state index is 4.52. The van der Waals surface area contributed by atoms with Crippen LogP contribution < -0.4 is 5.32 Å². The molecule has 76 valence electrons. The zero-order chi connectivity index (χ0) is 10.3. The highest BCUT2D eigenvalue weighted by Crippen LogP contribution is 2.38. The largest absolute Gasteiger partial charge is 0.363 e. The Bertz CT molecular complexity index is 367. The van der Waals surface area contributed by atoms with Gasteiger partial charge in [0.1, 0.15) is 5.82 Å². The molecule has 3 heteroatoms. The first-order valence-electron chi connectivity index (χ1n) is 5.10. The number of hydrogen-bond acceptors (Lipinski definition) is 3. The first-order chi connectivity index (χ1) is 6.50. The molecular weight excluding hydrogens is 174 g/mol. The number of anilines is 1. The smallest absolute Gasteiger partial charge is 0.148 e. The molecule has 0 radical (unpaired) electrons. The molecule has 0 aromatic carbocycles. The zero-order valence-electron chi connectivity index (χ0n) is 9.31. The number of rotatable bonds is 2. The van der Waals surface area contributed by atoms with Gasteiger partial charge in [0.15, 0.2) is 0 Å². The summed E-state index contributed by atoms with van der Waals surface area (Å²) >= 11 is 0. The average Bonchev–Trinajstić information content (AvgIpc) is 2.80. The Morgan fingerprint density at radius 1 is 1.00 bits per heavy atom. The van der Waals surface area contributed by atoms with Gasteiger partial charge in [0, 0.05) is 5.54 Å². The van der Waals surface area contributed by atoms with Crippen LogP contribution in [0.5, 0.6) is 0 Å². The molecule has 1 aliphatic rings. The molecule has 0 unspecified atom stereocenters. The maximum absolute atomic E-state index is 4.52. The summed E-state index contributed by atoms with van der Waals surface area (Å²) in [7, 11) is 0. The van der Waals surface area contributed by atoms with Crippen LogP contribution in [0.4, 0.5) is 5.82 Å². The second-order valence-corrected chi connectivity index (χ2v) is 4.51. The van der Waals surface area contributed by atoms with Crippen molar-refractivity contribution in [3.63, 3.8) is 0 Å². The minimum absolute atomic E-state index is 0.279. The molecule has 1 saturated carbocycles. The van der Waals surface area contributed by atoms with Crippen molar-refractivity contribution >= 4 is 5.82 Å².